The molecule has 0 aliphatic heterocycles. The summed E-state index contributed by atoms with van der Waals surface area (Å²) in [5, 5.41) is 0. The maximum absolute atomic E-state index is 13.0. The molecule has 2 N–H and O–H groups in total. The summed E-state index contributed by atoms with van der Waals surface area (Å²) >= 11 is 0. The molecule has 0 saturated carbocycles. The largest absolute Gasteiger partial charge is 0.324 e. The van der Waals surface area contributed by atoms with Crippen LogP contribution in [0.25, 0.3) is 5.57 Å². The number of aryl methyl sites for hydroxylation is 1. The normalized spacial score (nSPS) is 21.4. The summed E-state index contributed by atoms with van der Waals surface area (Å²) in [5.74, 6) is -0.167. The molecule has 16 heavy (non-hydrogen) atoms. The Bertz CT molecular complexity index is 409. The fourth-order valence-electron chi connectivity index (χ4n) is 2.33. The van der Waals surface area contributed by atoms with Gasteiger partial charge in [-0.15, -0.1) is 0 Å². The zero-order valence-corrected chi connectivity index (χ0v) is 9.67. The monoisotopic (exact) mass is 219 g/mol. The standard InChI is InChI=1S/C14H18FN/c1-10-8-12(15)6-7-14(10)11-4-2-3-5-13(16)9-11/h6-9,13H,2-5,16H2,1H3. The topological polar surface area (TPSA) is 26.0 Å². The molecule has 0 radical (unpaired) electrons. The van der Waals surface area contributed by atoms with Crippen LogP contribution < -0.4 is 5.73 Å². The highest BCUT2D eigenvalue weighted by Gasteiger charge is 2.11. The van der Waals surface area contributed by atoms with Gasteiger partial charge in [-0.25, -0.2) is 4.39 Å². The molecule has 2 rings (SSSR count). The summed E-state index contributed by atoms with van der Waals surface area (Å²) in [5.41, 5.74) is 9.42. The van der Waals surface area contributed by atoms with Gasteiger partial charge in [-0.2, -0.15) is 0 Å². The Balaban J connectivity index is 2.35. The van der Waals surface area contributed by atoms with E-state index in [2.05, 4.69) is 6.08 Å². The van der Waals surface area contributed by atoms with Crippen LogP contribution in [-0.2, 0) is 0 Å². The summed E-state index contributed by atoms with van der Waals surface area (Å²) in [4.78, 5) is 0. The van der Waals surface area contributed by atoms with Gasteiger partial charge in [-0.05, 0) is 55.0 Å². The number of halogens is 1. The van der Waals surface area contributed by atoms with Gasteiger partial charge in [-0.3, -0.25) is 0 Å². The molecule has 0 spiro atoms. The van der Waals surface area contributed by atoms with E-state index in [1.54, 1.807) is 6.07 Å². The Labute approximate surface area is 96.2 Å². The average Bonchev–Trinajstić information content (AvgIpc) is 2.43. The molecule has 0 bridgehead atoms. The van der Waals surface area contributed by atoms with Crippen LogP contribution in [-0.4, -0.2) is 6.04 Å². The van der Waals surface area contributed by atoms with Gasteiger partial charge in [0.1, 0.15) is 5.82 Å². The van der Waals surface area contributed by atoms with Gasteiger partial charge in [0.2, 0.25) is 0 Å². The van der Waals surface area contributed by atoms with Crippen LogP contribution >= 0.6 is 0 Å². The van der Waals surface area contributed by atoms with Gasteiger partial charge in [-0.1, -0.05) is 18.6 Å². The van der Waals surface area contributed by atoms with Crippen molar-refractivity contribution in [2.24, 2.45) is 5.73 Å². The van der Waals surface area contributed by atoms with Gasteiger partial charge >= 0.3 is 0 Å². The van der Waals surface area contributed by atoms with E-state index in [1.807, 2.05) is 13.0 Å². The van der Waals surface area contributed by atoms with E-state index >= 15 is 0 Å². The minimum atomic E-state index is -0.167. The highest BCUT2D eigenvalue weighted by Crippen LogP contribution is 2.28. The van der Waals surface area contributed by atoms with Crippen molar-refractivity contribution in [1.29, 1.82) is 0 Å². The van der Waals surface area contributed by atoms with Gasteiger partial charge in [0, 0.05) is 6.04 Å². The fourth-order valence-corrected chi connectivity index (χ4v) is 2.33. The maximum Gasteiger partial charge on any atom is 0.123 e. The second-order valence-corrected chi connectivity index (χ2v) is 4.56. The minimum absolute atomic E-state index is 0.155. The van der Waals surface area contributed by atoms with Crippen LogP contribution in [0, 0.1) is 12.7 Å². The number of benzene rings is 1. The molecule has 1 unspecified atom stereocenters. The van der Waals surface area contributed by atoms with E-state index in [0.29, 0.717) is 0 Å². The van der Waals surface area contributed by atoms with E-state index in [1.165, 1.54) is 24.5 Å². The average molecular weight is 219 g/mol. The molecule has 0 amide bonds. The first-order valence-corrected chi connectivity index (χ1v) is 5.89. The van der Waals surface area contributed by atoms with E-state index < -0.39 is 0 Å². The van der Waals surface area contributed by atoms with Crippen molar-refractivity contribution >= 4 is 5.57 Å². The highest BCUT2D eigenvalue weighted by atomic mass is 19.1. The molecular weight excluding hydrogens is 201 g/mol. The lowest BCUT2D eigenvalue weighted by molar-refractivity contribution is 0.626. The van der Waals surface area contributed by atoms with Gasteiger partial charge in [0.15, 0.2) is 0 Å². The highest BCUT2D eigenvalue weighted by molar-refractivity contribution is 5.68. The van der Waals surface area contributed by atoms with Crippen LogP contribution in [0.5, 0.6) is 0 Å². The lowest BCUT2D eigenvalue weighted by atomic mass is 9.96. The molecule has 86 valence electrons. The molecule has 1 aromatic rings. The molecular formula is C14H18FN. The van der Waals surface area contributed by atoms with Crippen LogP contribution in [0.15, 0.2) is 24.3 Å². The fraction of sp³-hybridized carbons (Fsp3) is 0.429. The molecule has 1 aromatic carbocycles. The number of allylic oxidation sites excluding steroid dienone is 1. The smallest absolute Gasteiger partial charge is 0.123 e. The number of rotatable bonds is 1. The Morgan fingerprint density at radius 1 is 1.31 bits per heavy atom. The Hall–Kier alpha value is -1.15. The van der Waals surface area contributed by atoms with Gasteiger partial charge in [0.25, 0.3) is 0 Å². The van der Waals surface area contributed by atoms with Crippen LogP contribution in [0.2, 0.25) is 0 Å². The first-order chi connectivity index (χ1) is 7.66. The Kier molecular flexibility index (Phi) is 3.39. The van der Waals surface area contributed by atoms with Crippen molar-refractivity contribution in [3.05, 3.63) is 41.2 Å². The molecule has 1 atom stereocenters. The third kappa shape index (κ3) is 2.50. The molecule has 0 heterocycles. The van der Waals surface area contributed by atoms with E-state index in [9.17, 15) is 4.39 Å². The van der Waals surface area contributed by atoms with E-state index in [0.717, 1.165) is 24.0 Å². The molecule has 0 fully saturated rings. The predicted octanol–water partition coefficient (Wildman–Crippen LogP) is 3.42. The van der Waals surface area contributed by atoms with E-state index in [4.69, 9.17) is 5.73 Å². The Morgan fingerprint density at radius 3 is 2.88 bits per heavy atom. The number of hydrogen-bond acceptors (Lipinski definition) is 1. The number of hydrogen-bond donors (Lipinski definition) is 1. The van der Waals surface area contributed by atoms with Crippen molar-refractivity contribution in [3.8, 4) is 0 Å². The zero-order chi connectivity index (χ0) is 11.5. The summed E-state index contributed by atoms with van der Waals surface area (Å²) in [6.45, 7) is 1.95. The first-order valence-electron chi connectivity index (χ1n) is 5.89. The summed E-state index contributed by atoms with van der Waals surface area (Å²) in [6.07, 6.45) is 6.62. The van der Waals surface area contributed by atoms with E-state index in [-0.39, 0.29) is 11.9 Å². The van der Waals surface area contributed by atoms with Crippen molar-refractivity contribution in [2.45, 2.75) is 38.6 Å². The molecule has 1 aliphatic carbocycles. The predicted molar refractivity (Wildman–Crippen MR) is 65.6 cm³/mol. The van der Waals surface area contributed by atoms with Crippen molar-refractivity contribution in [2.75, 3.05) is 0 Å². The van der Waals surface area contributed by atoms with Crippen molar-refractivity contribution < 1.29 is 4.39 Å². The van der Waals surface area contributed by atoms with Crippen LogP contribution in [0.1, 0.15) is 36.8 Å². The molecule has 2 heteroatoms. The summed E-state index contributed by atoms with van der Waals surface area (Å²) in [6, 6.07) is 5.14. The summed E-state index contributed by atoms with van der Waals surface area (Å²) in [7, 11) is 0. The lowest BCUT2D eigenvalue weighted by Crippen LogP contribution is -2.15. The minimum Gasteiger partial charge on any atom is -0.324 e. The molecule has 0 saturated heterocycles. The van der Waals surface area contributed by atoms with Gasteiger partial charge < -0.3 is 5.73 Å². The lowest BCUT2D eigenvalue weighted by Gasteiger charge is -2.10. The van der Waals surface area contributed by atoms with Crippen LogP contribution in [0.4, 0.5) is 4.39 Å². The summed E-state index contributed by atoms with van der Waals surface area (Å²) < 4.78 is 13.0. The van der Waals surface area contributed by atoms with Crippen molar-refractivity contribution in [1.82, 2.24) is 0 Å². The van der Waals surface area contributed by atoms with Crippen LogP contribution in [0.3, 0.4) is 0 Å². The quantitative estimate of drug-likeness (QED) is 0.769. The van der Waals surface area contributed by atoms with Gasteiger partial charge in [0.05, 0.1) is 0 Å². The van der Waals surface area contributed by atoms with Crippen molar-refractivity contribution in [3.63, 3.8) is 0 Å². The third-order valence-electron chi connectivity index (χ3n) is 3.18. The second-order valence-electron chi connectivity index (χ2n) is 4.56. The molecule has 0 aromatic heterocycles. The SMILES string of the molecule is Cc1cc(F)ccc1C1=CC(N)CCCC1. The first kappa shape index (κ1) is 11.3. The number of nitrogens with two attached hydrogens (primary N) is 1. The molecule has 1 aliphatic rings. The second kappa shape index (κ2) is 4.79. The zero-order valence-electron chi connectivity index (χ0n) is 9.67. The third-order valence-corrected chi connectivity index (χ3v) is 3.18. The maximum atomic E-state index is 13.0. The Morgan fingerprint density at radius 2 is 2.12 bits per heavy atom. The molecule has 1 nitrogen and oxygen atoms in total.